The van der Waals surface area contributed by atoms with Gasteiger partial charge in [0.15, 0.2) is 0 Å². The van der Waals surface area contributed by atoms with E-state index in [1.54, 1.807) is 12.1 Å². The fraction of sp³-hybridized carbons (Fsp3) is 0.562. The minimum Gasteiger partial charge on any atom is -0.338 e. The van der Waals surface area contributed by atoms with Crippen LogP contribution in [0.3, 0.4) is 0 Å². The number of carbonyl (C=O) groups excluding carboxylic acids is 1. The number of likely N-dealkylation sites (tertiary alicyclic amines) is 1. The topological polar surface area (TPSA) is 35.6 Å². The van der Waals surface area contributed by atoms with Gasteiger partial charge in [0, 0.05) is 25.7 Å². The molecule has 2 aliphatic rings. The lowest BCUT2D eigenvalue weighted by atomic mass is 10.0. The van der Waals surface area contributed by atoms with Gasteiger partial charge in [0.1, 0.15) is 5.82 Å². The summed E-state index contributed by atoms with van der Waals surface area (Å²) in [5, 5.41) is 3.41. The maximum absolute atomic E-state index is 13.0. The van der Waals surface area contributed by atoms with Gasteiger partial charge in [-0.2, -0.15) is 0 Å². The Kier molecular flexibility index (Phi) is 4.22. The van der Waals surface area contributed by atoms with Crippen LogP contribution in [-0.2, 0) is 4.79 Å². The molecule has 0 saturated carbocycles. The summed E-state index contributed by atoms with van der Waals surface area (Å²) in [6.07, 6.45) is 2.06. The third kappa shape index (κ3) is 3.09. The molecular formula is C16H22FN3O. The number of rotatable bonds is 2. The van der Waals surface area contributed by atoms with Crippen molar-refractivity contribution in [1.29, 1.82) is 0 Å². The quantitative estimate of drug-likeness (QED) is 0.894. The Labute approximate surface area is 124 Å². The van der Waals surface area contributed by atoms with E-state index >= 15 is 0 Å². The standard InChI is InChI=1S/C16H22FN3O/c1-19-9-2-3-15(19)16(21)20-10-8-18-14(11-20)12-4-6-13(17)7-5-12/h4-7,14-15,18H,2-3,8-11H2,1H3/t14?,15-/m1/s1. The Hall–Kier alpha value is -1.46. The first kappa shape index (κ1) is 14.5. The molecule has 1 aromatic carbocycles. The number of carbonyl (C=O) groups is 1. The zero-order valence-corrected chi connectivity index (χ0v) is 12.4. The van der Waals surface area contributed by atoms with Crippen molar-refractivity contribution in [3.8, 4) is 0 Å². The Morgan fingerprint density at radius 1 is 1.29 bits per heavy atom. The zero-order valence-electron chi connectivity index (χ0n) is 12.4. The van der Waals surface area contributed by atoms with Crippen molar-refractivity contribution in [2.45, 2.75) is 24.9 Å². The molecule has 1 amide bonds. The molecular weight excluding hydrogens is 269 g/mol. The van der Waals surface area contributed by atoms with Crippen LogP contribution in [0.15, 0.2) is 24.3 Å². The summed E-state index contributed by atoms with van der Waals surface area (Å²) in [6, 6.07) is 6.67. The molecule has 21 heavy (non-hydrogen) atoms. The van der Waals surface area contributed by atoms with Crippen LogP contribution in [-0.4, -0.2) is 55.0 Å². The van der Waals surface area contributed by atoms with E-state index in [4.69, 9.17) is 0 Å². The molecule has 1 aromatic rings. The molecule has 114 valence electrons. The number of piperazine rings is 1. The second-order valence-corrected chi connectivity index (χ2v) is 5.98. The average Bonchev–Trinajstić information content (AvgIpc) is 2.93. The van der Waals surface area contributed by atoms with Crippen LogP contribution in [0.4, 0.5) is 4.39 Å². The fourth-order valence-corrected chi connectivity index (χ4v) is 3.30. The van der Waals surface area contributed by atoms with E-state index in [0.29, 0.717) is 6.54 Å². The zero-order chi connectivity index (χ0) is 14.8. The predicted octanol–water partition coefficient (Wildman–Crippen LogP) is 1.39. The predicted molar refractivity (Wildman–Crippen MR) is 79.4 cm³/mol. The highest BCUT2D eigenvalue weighted by Crippen LogP contribution is 2.22. The van der Waals surface area contributed by atoms with E-state index in [1.807, 2.05) is 11.9 Å². The van der Waals surface area contributed by atoms with Gasteiger partial charge in [-0.25, -0.2) is 4.39 Å². The molecule has 0 radical (unpaired) electrons. The van der Waals surface area contributed by atoms with Crippen molar-refractivity contribution in [3.05, 3.63) is 35.6 Å². The first-order valence-electron chi connectivity index (χ1n) is 7.63. The van der Waals surface area contributed by atoms with Gasteiger partial charge < -0.3 is 10.2 Å². The molecule has 2 aliphatic heterocycles. The fourth-order valence-electron chi connectivity index (χ4n) is 3.30. The summed E-state index contributed by atoms with van der Waals surface area (Å²) < 4.78 is 13.0. The number of likely N-dealkylation sites (N-methyl/N-ethyl adjacent to an activating group) is 1. The van der Waals surface area contributed by atoms with E-state index in [2.05, 4.69) is 10.2 Å². The van der Waals surface area contributed by atoms with E-state index in [0.717, 1.165) is 38.0 Å². The minimum atomic E-state index is -0.227. The first-order chi connectivity index (χ1) is 10.1. The summed E-state index contributed by atoms with van der Waals surface area (Å²) in [7, 11) is 2.02. The molecule has 2 saturated heterocycles. The summed E-state index contributed by atoms with van der Waals surface area (Å²) in [5.41, 5.74) is 1.04. The van der Waals surface area contributed by atoms with Gasteiger partial charge in [0.05, 0.1) is 6.04 Å². The molecule has 0 aromatic heterocycles. The van der Waals surface area contributed by atoms with Gasteiger partial charge in [-0.15, -0.1) is 0 Å². The van der Waals surface area contributed by atoms with E-state index in [-0.39, 0.29) is 23.8 Å². The normalized spacial score (nSPS) is 27.0. The maximum Gasteiger partial charge on any atom is 0.240 e. The van der Waals surface area contributed by atoms with Crippen molar-refractivity contribution < 1.29 is 9.18 Å². The second-order valence-electron chi connectivity index (χ2n) is 5.98. The smallest absolute Gasteiger partial charge is 0.240 e. The highest BCUT2D eigenvalue weighted by Gasteiger charge is 2.33. The van der Waals surface area contributed by atoms with Crippen molar-refractivity contribution in [1.82, 2.24) is 15.1 Å². The van der Waals surface area contributed by atoms with Crippen molar-refractivity contribution in [2.75, 3.05) is 33.2 Å². The van der Waals surface area contributed by atoms with Gasteiger partial charge in [0.25, 0.3) is 0 Å². The Morgan fingerprint density at radius 3 is 2.71 bits per heavy atom. The largest absolute Gasteiger partial charge is 0.338 e. The molecule has 1 N–H and O–H groups in total. The van der Waals surface area contributed by atoms with E-state index in [9.17, 15) is 9.18 Å². The number of amides is 1. The Bertz CT molecular complexity index is 505. The minimum absolute atomic E-state index is 0.0389. The molecule has 4 nitrogen and oxygen atoms in total. The van der Waals surface area contributed by atoms with Crippen LogP contribution in [0, 0.1) is 5.82 Å². The number of benzene rings is 1. The molecule has 1 unspecified atom stereocenters. The van der Waals surface area contributed by atoms with Gasteiger partial charge in [-0.1, -0.05) is 12.1 Å². The molecule has 3 rings (SSSR count). The molecule has 0 aliphatic carbocycles. The highest BCUT2D eigenvalue weighted by atomic mass is 19.1. The third-order valence-electron chi connectivity index (χ3n) is 4.56. The third-order valence-corrected chi connectivity index (χ3v) is 4.56. The number of hydrogen-bond acceptors (Lipinski definition) is 3. The number of nitrogens with zero attached hydrogens (tertiary/aromatic N) is 2. The molecule has 5 heteroatoms. The Balaban J connectivity index is 1.68. The van der Waals surface area contributed by atoms with Crippen molar-refractivity contribution >= 4 is 5.91 Å². The van der Waals surface area contributed by atoms with Crippen molar-refractivity contribution in [2.24, 2.45) is 0 Å². The molecule has 2 atom stereocenters. The Morgan fingerprint density at radius 2 is 2.05 bits per heavy atom. The maximum atomic E-state index is 13.0. The summed E-state index contributed by atoms with van der Waals surface area (Å²) in [4.78, 5) is 16.7. The number of nitrogens with one attached hydrogen (secondary N) is 1. The van der Waals surface area contributed by atoms with Gasteiger partial charge in [0.2, 0.25) is 5.91 Å². The average molecular weight is 291 g/mol. The molecule has 2 fully saturated rings. The molecule has 0 spiro atoms. The second kappa shape index (κ2) is 6.12. The number of hydrogen-bond donors (Lipinski definition) is 1. The summed E-state index contributed by atoms with van der Waals surface area (Å²) >= 11 is 0. The molecule has 0 bridgehead atoms. The van der Waals surface area contributed by atoms with Crippen LogP contribution >= 0.6 is 0 Å². The lowest BCUT2D eigenvalue weighted by Crippen LogP contribution is -2.53. The summed E-state index contributed by atoms with van der Waals surface area (Å²) in [6.45, 7) is 3.20. The lowest BCUT2D eigenvalue weighted by Gasteiger charge is -2.36. The molecule has 2 heterocycles. The first-order valence-corrected chi connectivity index (χ1v) is 7.63. The van der Waals surface area contributed by atoms with Crippen LogP contribution in [0.1, 0.15) is 24.4 Å². The van der Waals surface area contributed by atoms with Crippen LogP contribution in [0.5, 0.6) is 0 Å². The van der Waals surface area contributed by atoms with Gasteiger partial charge in [-0.3, -0.25) is 9.69 Å². The van der Waals surface area contributed by atoms with Crippen LogP contribution in [0.25, 0.3) is 0 Å². The van der Waals surface area contributed by atoms with Crippen molar-refractivity contribution in [3.63, 3.8) is 0 Å². The lowest BCUT2D eigenvalue weighted by molar-refractivity contribution is -0.136. The SMILES string of the molecule is CN1CCC[C@@H]1C(=O)N1CCNC(c2ccc(F)cc2)C1. The van der Waals surface area contributed by atoms with Crippen LogP contribution < -0.4 is 5.32 Å². The summed E-state index contributed by atoms with van der Waals surface area (Å²) in [5.74, 6) is 0.0127. The van der Waals surface area contributed by atoms with Crippen LogP contribution in [0.2, 0.25) is 0 Å². The number of halogens is 1. The van der Waals surface area contributed by atoms with Gasteiger partial charge >= 0.3 is 0 Å². The monoisotopic (exact) mass is 291 g/mol. The highest BCUT2D eigenvalue weighted by molar-refractivity contribution is 5.82. The van der Waals surface area contributed by atoms with E-state index < -0.39 is 0 Å². The van der Waals surface area contributed by atoms with E-state index in [1.165, 1.54) is 12.1 Å². The van der Waals surface area contributed by atoms with Gasteiger partial charge in [-0.05, 0) is 44.1 Å².